The van der Waals surface area contributed by atoms with Gasteiger partial charge in [-0.15, -0.1) is 11.3 Å². The average Bonchev–Trinajstić information content (AvgIpc) is 2.86. The summed E-state index contributed by atoms with van der Waals surface area (Å²) in [6.07, 6.45) is 3.88. The maximum absolute atomic E-state index is 3.48. The van der Waals surface area contributed by atoms with Crippen LogP contribution in [-0.4, -0.2) is 49.6 Å². The quantitative estimate of drug-likeness (QED) is 0.780. The number of nitrogens with zero attached hydrogens (tertiary/aromatic N) is 2. The summed E-state index contributed by atoms with van der Waals surface area (Å²) in [4.78, 5) is 7.95. The van der Waals surface area contributed by atoms with Crippen LogP contribution in [0.25, 0.3) is 0 Å². The number of hydrogen-bond acceptors (Lipinski definition) is 4. The molecule has 1 unspecified atom stereocenters. The molecule has 0 bridgehead atoms. The molecule has 0 aliphatic carbocycles. The van der Waals surface area contributed by atoms with Crippen LogP contribution >= 0.6 is 11.3 Å². The Morgan fingerprint density at radius 2 is 2.20 bits per heavy atom. The molecule has 0 radical (unpaired) electrons. The van der Waals surface area contributed by atoms with Crippen molar-refractivity contribution in [2.24, 2.45) is 0 Å². The van der Waals surface area contributed by atoms with Crippen LogP contribution in [-0.2, 0) is 13.1 Å². The molecule has 1 aliphatic rings. The monoisotopic (exact) mass is 295 g/mol. The first-order chi connectivity index (χ1) is 9.69. The second-order valence-electron chi connectivity index (χ2n) is 6.02. The minimum atomic E-state index is 0.720. The number of likely N-dealkylation sites (N-methyl/N-ethyl adjacent to an activating group) is 2. The van der Waals surface area contributed by atoms with Crippen LogP contribution in [0.15, 0.2) is 12.1 Å². The molecule has 114 valence electrons. The highest BCUT2D eigenvalue weighted by Crippen LogP contribution is 2.21. The lowest BCUT2D eigenvalue weighted by molar-refractivity contribution is 0.130. The second-order valence-corrected chi connectivity index (χ2v) is 7.27. The summed E-state index contributed by atoms with van der Waals surface area (Å²) >= 11 is 1.96. The molecule has 1 aromatic heterocycles. The Bertz CT molecular complexity index is 391. The molecule has 0 amide bonds. The first kappa shape index (κ1) is 16.0. The minimum Gasteiger partial charge on any atom is -0.312 e. The van der Waals surface area contributed by atoms with Gasteiger partial charge in [-0.25, -0.2) is 0 Å². The van der Waals surface area contributed by atoms with Crippen LogP contribution in [0.5, 0.6) is 0 Å². The van der Waals surface area contributed by atoms with E-state index >= 15 is 0 Å². The normalized spacial score (nSPS) is 20.7. The fraction of sp³-hybridized carbons (Fsp3) is 0.750. The van der Waals surface area contributed by atoms with E-state index in [0.29, 0.717) is 0 Å². The minimum absolute atomic E-state index is 0.720. The van der Waals surface area contributed by atoms with E-state index in [1.807, 2.05) is 11.3 Å². The van der Waals surface area contributed by atoms with Crippen LogP contribution in [0.1, 0.15) is 35.9 Å². The van der Waals surface area contributed by atoms with E-state index in [1.54, 1.807) is 0 Å². The first-order valence-electron chi connectivity index (χ1n) is 7.86. The molecule has 1 aromatic rings. The van der Waals surface area contributed by atoms with Crippen molar-refractivity contribution in [3.05, 3.63) is 21.9 Å². The van der Waals surface area contributed by atoms with Crippen molar-refractivity contribution in [2.45, 2.75) is 45.3 Å². The largest absolute Gasteiger partial charge is 0.312 e. The molecule has 1 N–H and O–H groups in total. The van der Waals surface area contributed by atoms with Crippen LogP contribution in [0.2, 0.25) is 0 Å². The Morgan fingerprint density at radius 3 is 2.95 bits per heavy atom. The molecule has 1 atom stereocenters. The molecule has 1 fully saturated rings. The zero-order chi connectivity index (χ0) is 14.4. The molecule has 1 saturated heterocycles. The van der Waals surface area contributed by atoms with Gasteiger partial charge in [-0.3, -0.25) is 4.90 Å². The summed E-state index contributed by atoms with van der Waals surface area (Å²) in [5, 5.41) is 3.48. The smallest absolute Gasteiger partial charge is 0.0328 e. The summed E-state index contributed by atoms with van der Waals surface area (Å²) in [5.74, 6) is 0. The third-order valence-corrected chi connectivity index (χ3v) is 5.14. The van der Waals surface area contributed by atoms with E-state index in [-0.39, 0.29) is 0 Å². The number of piperidine rings is 1. The van der Waals surface area contributed by atoms with Gasteiger partial charge in [-0.2, -0.15) is 0 Å². The van der Waals surface area contributed by atoms with Crippen LogP contribution in [0, 0.1) is 0 Å². The van der Waals surface area contributed by atoms with Crippen molar-refractivity contribution in [1.29, 1.82) is 0 Å². The van der Waals surface area contributed by atoms with Crippen molar-refractivity contribution in [3.8, 4) is 0 Å². The highest BCUT2D eigenvalue weighted by atomic mass is 32.1. The van der Waals surface area contributed by atoms with Gasteiger partial charge < -0.3 is 10.2 Å². The maximum Gasteiger partial charge on any atom is 0.0328 e. The molecular formula is C16H29N3S. The lowest BCUT2D eigenvalue weighted by Crippen LogP contribution is -2.44. The second kappa shape index (κ2) is 8.13. The molecule has 2 heterocycles. The molecule has 4 heteroatoms. The van der Waals surface area contributed by atoms with E-state index in [2.05, 4.69) is 48.3 Å². The summed E-state index contributed by atoms with van der Waals surface area (Å²) in [6.45, 7) is 7.92. The van der Waals surface area contributed by atoms with Gasteiger partial charge in [0.25, 0.3) is 0 Å². The molecule has 0 aromatic carbocycles. The standard InChI is InChI=1S/C16H29N3S/c1-4-9-17-11-15-7-8-16(20-15)13-19(3)14-6-5-10-18(2)12-14/h7-8,14,17H,4-6,9-13H2,1-3H3. The van der Waals surface area contributed by atoms with Crippen LogP contribution in [0.3, 0.4) is 0 Å². The summed E-state index contributed by atoms with van der Waals surface area (Å²) in [6, 6.07) is 5.30. The predicted molar refractivity (Wildman–Crippen MR) is 88.3 cm³/mol. The number of rotatable bonds is 7. The van der Waals surface area contributed by atoms with E-state index in [4.69, 9.17) is 0 Å². The number of nitrogens with one attached hydrogen (secondary N) is 1. The lowest BCUT2D eigenvalue weighted by Gasteiger charge is -2.35. The zero-order valence-electron chi connectivity index (χ0n) is 13.2. The first-order valence-corrected chi connectivity index (χ1v) is 8.67. The topological polar surface area (TPSA) is 18.5 Å². The molecule has 0 saturated carbocycles. The SMILES string of the molecule is CCCNCc1ccc(CN(C)C2CCCN(C)C2)s1. The van der Waals surface area contributed by atoms with Gasteiger partial charge in [-0.1, -0.05) is 6.92 Å². The van der Waals surface area contributed by atoms with Crippen LogP contribution < -0.4 is 5.32 Å². The van der Waals surface area contributed by atoms with Crippen LogP contribution in [0.4, 0.5) is 0 Å². The van der Waals surface area contributed by atoms with Gasteiger partial charge in [0, 0.05) is 35.4 Å². The van der Waals surface area contributed by atoms with Crippen molar-refractivity contribution in [1.82, 2.24) is 15.1 Å². The van der Waals surface area contributed by atoms with Gasteiger partial charge in [0.15, 0.2) is 0 Å². The van der Waals surface area contributed by atoms with Gasteiger partial charge in [0.05, 0.1) is 0 Å². The third kappa shape index (κ3) is 4.85. The van der Waals surface area contributed by atoms with Crippen molar-refractivity contribution >= 4 is 11.3 Å². The molecule has 20 heavy (non-hydrogen) atoms. The van der Waals surface area contributed by atoms with Gasteiger partial charge in [-0.05, 0) is 58.6 Å². The Kier molecular flexibility index (Phi) is 6.49. The highest BCUT2D eigenvalue weighted by Gasteiger charge is 2.21. The zero-order valence-corrected chi connectivity index (χ0v) is 14.0. The predicted octanol–water partition coefficient (Wildman–Crippen LogP) is 2.77. The molecule has 0 spiro atoms. The van der Waals surface area contributed by atoms with E-state index < -0.39 is 0 Å². The molecule has 3 nitrogen and oxygen atoms in total. The van der Waals surface area contributed by atoms with Gasteiger partial charge in [0.2, 0.25) is 0 Å². The molecule has 2 rings (SSSR count). The number of thiophene rings is 1. The number of hydrogen-bond donors (Lipinski definition) is 1. The Morgan fingerprint density at radius 1 is 1.40 bits per heavy atom. The number of likely N-dealkylation sites (tertiary alicyclic amines) is 1. The summed E-state index contributed by atoms with van der Waals surface area (Å²) in [5.41, 5.74) is 0. The van der Waals surface area contributed by atoms with Gasteiger partial charge >= 0.3 is 0 Å². The van der Waals surface area contributed by atoms with Crippen molar-refractivity contribution in [2.75, 3.05) is 33.7 Å². The van der Waals surface area contributed by atoms with Crippen molar-refractivity contribution in [3.63, 3.8) is 0 Å². The lowest BCUT2D eigenvalue weighted by atomic mass is 10.1. The highest BCUT2D eigenvalue weighted by molar-refractivity contribution is 7.11. The Hall–Kier alpha value is -0.420. The fourth-order valence-electron chi connectivity index (χ4n) is 2.86. The Balaban J connectivity index is 1.80. The molecular weight excluding hydrogens is 266 g/mol. The summed E-state index contributed by atoms with van der Waals surface area (Å²) in [7, 11) is 4.52. The fourth-order valence-corrected chi connectivity index (χ4v) is 3.92. The van der Waals surface area contributed by atoms with E-state index in [1.165, 1.54) is 42.1 Å². The average molecular weight is 295 g/mol. The van der Waals surface area contributed by atoms with Crippen molar-refractivity contribution < 1.29 is 0 Å². The van der Waals surface area contributed by atoms with E-state index in [9.17, 15) is 0 Å². The Labute approximate surface area is 128 Å². The third-order valence-electron chi connectivity index (χ3n) is 4.07. The summed E-state index contributed by atoms with van der Waals surface area (Å²) < 4.78 is 0. The molecule has 1 aliphatic heterocycles. The van der Waals surface area contributed by atoms with E-state index in [0.717, 1.165) is 25.7 Å². The maximum atomic E-state index is 3.48. The van der Waals surface area contributed by atoms with Gasteiger partial charge in [0.1, 0.15) is 0 Å².